The minimum atomic E-state index is 0.334. The first-order valence-corrected chi connectivity index (χ1v) is 30.7. The van der Waals surface area contributed by atoms with E-state index in [1.807, 2.05) is 0 Å². The van der Waals surface area contributed by atoms with Crippen LogP contribution in [0.2, 0.25) is 0 Å². The van der Waals surface area contributed by atoms with Crippen molar-refractivity contribution in [1.29, 1.82) is 0 Å². The highest BCUT2D eigenvalue weighted by molar-refractivity contribution is 5.92. The molecule has 0 saturated carbocycles. The smallest absolute Gasteiger partial charge is 0.0737 e. The largest absolute Gasteiger partial charge is 0.355 e. The Morgan fingerprint density at radius 3 is 0.774 bits per heavy atom. The summed E-state index contributed by atoms with van der Waals surface area (Å²) in [5.41, 5.74) is 26.9. The lowest BCUT2D eigenvalue weighted by atomic mass is 9.92. The fourth-order valence-corrected chi connectivity index (χ4v) is 13.1. The lowest BCUT2D eigenvalue weighted by Crippen LogP contribution is -2.00. The van der Waals surface area contributed by atoms with Crippen molar-refractivity contribution in [2.24, 2.45) is 0 Å². The van der Waals surface area contributed by atoms with Crippen LogP contribution in [-0.2, 0) is 0 Å². The lowest BCUT2D eigenvalue weighted by Gasteiger charge is -2.14. The van der Waals surface area contributed by atoms with Crippen LogP contribution in [0.15, 0.2) is 109 Å². The number of benzene rings is 2. The van der Waals surface area contributed by atoms with Gasteiger partial charge in [0.15, 0.2) is 0 Å². The Balaban J connectivity index is 0.917. The molecule has 0 unspecified atom stereocenters. The van der Waals surface area contributed by atoms with E-state index in [0.29, 0.717) is 23.7 Å². The second-order valence-electron chi connectivity index (χ2n) is 22.6. The van der Waals surface area contributed by atoms with Crippen LogP contribution in [0.4, 0.5) is 0 Å². The Kier molecular flexibility index (Phi) is 16.0. The average molecular weight is 1100 g/mol. The minimum absolute atomic E-state index is 0.334. The SMILES string of the molecule is CCC(CC)c1c2nc(c(-c3ccc(C#CC#Cc4ccc(-c5c6nc(c(C(CC)CC)c7ccc(cc8ccc([nH]8)c(C(CC)CC)c8nc5C=C8)[nH]7)C=C6)cc4)cc3)c3nc(c(C(CC)CC)c4ccc(cc5ccc1[nH]5)[nH]4)C=C3)C=C2. The molecule has 0 fully saturated rings. The summed E-state index contributed by atoms with van der Waals surface area (Å²) in [7, 11) is 0. The second kappa shape index (κ2) is 24.3. The van der Waals surface area contributed by atoms with E-state index < -0.39 is 0 Å². The van der Waals surface area contributed by atoms with E-state index in [2.05, 4.69) is 257 Å². The van der Waals surface area contributed by atoms with Gasteiger partial charge in [0.1, 0.15) is 0 Å². The number of H-pyrrole nitrogens is 4. The van der Waals surface area contributed by atoms with Gasteiger partial charge in [-0.3, -0.25) is 0 Å². The van der Waals surface area contributed by atoms with Crippen LogP contribution in [0.1, 0.15) is 209 Å². The fourth-order valence-electron chi connectivity index (χ4n) is 13.1. The summed E-state index contributed by atoms with van der Waals surface area (Å²) in [5.74, 6) is 14.3. The van der Waals surface area contributed by atoms with Crippen LogP contribution >= 0.6 is 0 Å². The molecule has 2 aromatic carbocycles. The minimum Gasteiger partial charge on any atom is -0.355 e. The van der Waals surface area contributed by atoms with E-state index in [9.17, 15) is 0 Å². The van der Waals surface area contributed by atoms with Crippen molar-refractivity contribution in [1.82, 2.24) is 39.9 Å². The predicted octanol–water partition coefficient (Wildman–Crippen LogP) is 20.0. The highest BCUT2D eigenvalue weighted by Gasteiger charge is 2.24. The molecule has 16 bridgehead atoms. The fraction of sp³-hybridized carbons (Fsp3) is 0.263. The van der Waals surface area contributed by atoms with E-state index in [1.165, 1.54) is 22.3 Å². The van der Waals surface area contributed by atoms with Crippen molar-refractivity contribution in [2.45, 2.75) is 130 Å². The van der Waals surface area contributed by atoms with Crippen molar-refractivity contribution in [3.63, 3.8) is 0 Å². The van der Waals surface area contributed by atoms with Crippen LogP contribution in [0, 0.1) is 23.7 Å². The molecule has 4 aliphatic heterocycles. The highest BCUT2D eigenvalue weighted by atomic mass is 14.8. The van der Waals surface area contributed by atoms with E-state index >= 15 is 0 Å². The van der Waals surface area contributed by atoms with E-state index in [0.717, 1.165) is 174 Å². The van der Waals surface area contributed by atoms with Gasteiger partial charge in [-0.15, -0.1) is 0 Å². The van der Waals surface area contributed by atoms with Crippen LogP contribution in [0.5, 0.6) is 0 Å². The number of rotatable bonds is 14. The highest BCUT2D eigenvalue weighted by Crippen LogP contribution is 2.40. The predicted molar refractivity (Wildman–Crippen MR) is 356 cm³/mol. The molecule has 84 heavy (non-hydrogen) atoms. The van der Waals surface area contributed by atoms with E-state index in [1.54, 1.807) is 0 Å². The zero-order chi connectivity index (χ0) is 57.8. The summed E-state index contributed by atoms with van der Waals surface area (Å²) in [6, 6.07) is 38.9. The zero-order valence-corrected chi connectivity index (χ0v) is 49.8. The maximum atomic E-state index is 5.46. The van der Waals surface area contributed by atoms with Crippen LogP contribution < -0.4 is 0 Å². The first-order chi connectivity index (χ1) is 41.2. The molecule has 0 saturated heterocycles. The molecule has 0 amide bonds. The summed E-state index contributed by atoms with van der Waals surface area (Å²) in [5, 5.41) is 0. The standard InChI is InChI=1S/C76H74N8/c1-9-49(10-2)71-59-33-29-55(77-59)45-56-30-34-60(78-56)72(50(11-3)12-4)64-38-42-68(82-64)75(67-41-37-63(71)81-67)53-25-21-47(22-26-53)19-17-18-20-48-23-27-54(28-24-48)76-69-43-39-65(83-69)73(51(13-5)14-6)61-35-31-57(79-61)46-58-32-36-62(80-58)74(52(15-7)16-8)66-40-44-70(76)84-66/h21-46,49-52,77-80H,9-16H2,1-8H3. The van der Waals surface area contributed by atoms with Gasteiger partial charge in [0.2, 0.25) is 0 Å². The number of nitrogens with zero attached hydrogens (tertiary/aromatic N) is 4. The van der Waals surface area contributed by atoms with Gasteiger partial charge in [-0.25, -0.2) is 19.9 Å². The Morgan fingerprint density at radius 1 is 0.298 bits per heavy atom. The Morgan fingerprint density at radius 2 is 0.536 bits per heavy atom. The molecule has 0 aliphatic carbocycles. The molecule has 4 N–H and O–H groups in total. The van der Waals surface area contributed by atoms with E-state index in [4.69, 9.17) is 19.9 Å². The number of aromatic nitrogens is 8. The summed E-state index contributed by atoms with van der Waals surface area (Å²) in [6.07, 6.45) is 25.5. The molecular formula is C76H74N8. The monoisotopic (exact) mass is 1100 g/mol. The average Bonchev–Trinajstić information content (AvgIpc) is 3.79. The normalized spacial score (nSPS) is 12.5. The third-order valence-corrected chi connectivity index (χ3v) is 17.7. The molecule has 6 aromatic heterocycles. The van der Waals surface area contributed by atoms with Gasteiger partial charge in [0.25, 0.3) is 0 Å². The maximum absolute atomic E-state index is 5.46. The molecule has 418 valence electrons. The van der Waals surface area contributed by atoms with Crippen molar-refractivity contribution < 1.29 is 0 Å². The molecule has 0 radical (unpaired) electrons. The van der Waals surface area contributed by atoms with Crippen molar-refractivity contribution in [2.75, 3.05) is 0 Å². The molecule has 4 aliphatic rings. The van der Waals surface area contributed by atoms with Crippen molar-refractivity contribution in [3.05, 3.63) is 188 Å². The molecule has 10 heterocycles. The Hall–Kier alpha value is -9.24. The van der Waals surface area contributed by atoms with Gasteiger partial charge < -0.3 is 19.9 Å². The molecular weight excluding hydrogens is 1020 g/mol. The summed E-state index contributed by atoms with van der Waals surface area (Å²) < 4.78 is 0. The first-order valence-electron chi connectivity index (χ1n) is 30.7. The summed E-state index contributed by atoms with van der Waals surface area (Å²) >= 11 is 0. The van der Waals surface area contributed by atoms with Gasteiger partial charge in [0.05, 0.1) is 45.6 Å². The number of hydrogen-bond acceptors (Lipinski definition) is 4. The number of fused-ring (bicyclic) bond motifs is 16. The van der Waals surface area contributed by atoms with E-state index in [-0.39, 0.29) is 0 Å². The lowest BCUT2D eigenvalue weighted by molar-refractivity contribution is 0.642. The summed E-state index contributed by atoms with van der Waals surface area (Å²) in [6.45, 7) is 18.2. The third-order valence-electron chi connectivity index (χ3n) is 17.7. The van der Waals surface area contributed by atoms with Gasteiger partial charge in [0, 0.05) is 88.6 Å². The third kappa shape index (κ3) is 10.9. The first kappa shape index (κ1) is 55.3. The van der Waals surface area contributed by atoms with Crippen LogP contribution in [0.3, 0.4) is 0 Å². The molecule has 0 spiro atoms. The molecule has 8 aromatic rings. The zero-order valence-electron chi connectivity index (χ0n) is 49.8. The van der Waals surface area contributed by atoms with Gasteiger partial charge >= 0.3 is 0 Å². The second-order valence-corrected chi connectivity index (χ2v) is 22.6. The topological polar surface area (TPSA) is 115 Å². The van der Waals surface area contributed by atoms with Gasteiger partial charge in [-0.1, -0.05) is 91.5 Å². The molecule has 0 atom stereocenters. The number of aromatic amines is 4. The number of nitrogens with one attached hydrogen (secondary N) is 4. The molecule has 8 heteroatoms. The van der Waals surface area contributed by atoms with Gasteiger partial charge in [-0.05, 0) is 232 Å². The van der Waals surface area contributed by atoms with Gasteiger partial charge in [-0.2, -0.15) is 0 Å². The quantitative estimate of drug-likeness (QED) is 0.0812. The van der Waals surface area contributed by atoms with Crippen molar-refractivity contribution >= 4 is 92.7 Å². The van der Waals surface area contributed by atoms with Crippen LogP contribution in [-0.4, -0.2) is 39.9 Å². The van der Waals surface area contributed by atoms with Crippen molar-refractivity contribution in [3.8, 4) is 45.9 Å². The number of hydrogen-bond donors (Lipinski definition) is 4. The molecule has 8 nitrogen and oxygen atoms in total. The Labute approximate surface area is 494 Å². The molecule has 12 rings (SSSR count). The Bertz CT molecular complexity index is 3930. The maximum Gasteiger partial charge on any atom is 0.0737 e. The van der Waals surface area contributed by atoms with Crippen LogP contribution in [0.25, 0.3) is 115 Å². The summed E-state index contributed by atoms with van der Waals surface area (Å²) in [4.78, 5) is 36.9.